The van der Waals surface area contributed by atoms with Crippen LogP contribution in [0.15, 0.2) is 29.1 Å². The third kappa shape index (κ3) is 2.54. The van der Waals surface area contributed by atoms with Gasteiger partial charge in [0, 0.05) is 19.6 Å². The molecular weight excluding hydrogens is 282 g/mol. The van der Waals surface area contributed by atoms with Crippen molar-refractivity contribution >= 4 is 16.9 Å². The molecule has 1 aromatic heterocycles. The number of piperidine rings is 1. The molecule has 1 aliphatic rings. The Morgan fingerprint density at radius 2 is 1.95 bits per heavy atom. The number of hydrogen-bond donors (Lipinski definition) is 1. The van der Waals surface area contributed by atoms with E-state index in [1.54, 1.807) is 9.47 Å². The molecule has 1 saturated heterocycles. The van der Waals surface area contributed by atoms with Gasteiger partial charge in [-0.1, -0.05) is 12.1 Å². The van der Waals surface area contributed by atoms with E-state index in [0.717, 1.165) is 23.9 Å². The maximum absolute atomic E-state index is 12.5. The molecule has 2 heterocycles. The number of rotatable bonds is 3. The van der Waals surface area contributed by atoms with Crippen molar-refractivity contribution in [1.29, 1.82) is 0 Å². The highest BCUT2D eigenvalue weighted by Crippen LogP contribution is 2.14. The topological polar surface area (TPSA) is 67.5 Å². The van der Waals surface area contributed by atoms with Gasteiger partial charge < -0.3 is 10.0 Å². The fraction of sp³-hybridized carbons (Fsp3) is 0.500. The maximum Gasteiger partial charge on any atom is 0.329 e. The normalized spacial score (nSPS) is 18.8. The molecule has 0 radical (unpaired) electrons. The second-order valence-corrected chi connectivity index (χ2v) is 5.74. The summed E-state index contributed by atoms with van der Waals surface area (Å²) in [6.07, 6.45) is 1.09. The van der Waals surface area contributed by atoms with Gasteiger partial charge in [-0.05, 0) is 31.9 Å². The lowest BCUT2D eigenvalue weighted by Gasteiger charge is -2.30. The summed E-state index contributed by atoms with van der Waals surface area (Å²) in [5.41, 5.74) is 1.47. The van der Waals surface area contributed by atoms with Crippen LogP contribution in [0.5, 0.6) is 0 Å². The first kappa shape index (κ1) is 14.8. The van der Waals surface area contributed by atoms with Crippen LogP contribution in [-0.2, 0) is 17.9 Å². The average molecular weight is 303 g/mol. The van der Waals surface area contributed by atoms with Crippen LogP contribution in [0.25, 0.3) is 11.0 Å². The lowest BCUT2D eigenvalue weighted by Crippen LogP contribution is -2.44. The summed E-state index contributed by atoms with van der Waals surface area (Å²) in [7, 11) is 0. The number of aliphatic hydroxyl groups excluding tert-OH is 1. The summed E-state index contributed by atoms with van der Waals surface area (Å²) in [5.74, 6) is -0.111. The molecule has 1 aromatic carbocycles. The number of hydrogen-bond acceptors (Lipinski definition) is 3. The molecule has 0 saturated carbocycles. The van der Waals surface area contributed by atoms with E-state index in [1.165, 1.54) is 4.57 Å². The zero-order chi connectivity index (χ0) is 15.7. The van der Waals surface area contributed by atoms with E-state index >= 15 is 0 Å². The van der Waals surface area contributed by atoms with E-state index in [9.17, 15) is 14.7 Å². The standard InChI is InChI=1S/C16H21N3O3/c1-2-18-13-7-3-4-8-14(13)19(16(18)22)11-15(21)17-9-5-6-12(20)10-17/h3-4,7-8,12,20H,2,5-6,9-11H2,1H3. The SMILES string of the molecule is CCn1c(=O)n(CC(=O)N2CCCC(O)C2)c2ccccc21. The van der Waals surface area contributed by atoms with Crippen molar-refractivity contribution in [1.82, 2.24) is 14.0 Å². The Bertz CT molecular complexity index is 747. The van der Waals surface area contributed by atoms with E-state index in [0.29, 0.717) is 19.6 Å². The molecule has 3 rings (SSSR count). The van der Waals surface area contributed by atoms with Crippen LogP contribution in [0.4, 0.5) is 0 Å². The number of para-hydroxylation sites is 2. The number of benzene rings is 1. The number of carbonyl (C=O) groups excluding carboxylic acids is 1. The molecule has 6 heteroatoms. The minimum Gasteiger partial charge on any atom is -0.391 e. The number of imidazole rings is 1. The first-order chi connectivity index (χ1) is 10.6. The molecule has 22 heavy (non-hydrogen) atoms. The van der Waals surface area contributed by atoms with Crippen LogP contribution in [0, 0.1) is 0 Å². The molecule has 1 aliphatic heterocycles. The Morgan fingerprint density at radius 1 is 1.27 bits per heavy atom. The van der Waals surface area contributed by atoms with Gasteiger partial charge >= 0.3 is 5.69 Å². The van der Waals surface area contributed by atoms with Gasteiger partial charge in [0.2, 0.25) is 5.91 Å². The number of aryl methyl sites for hydroxylation is 1. The first-order valence-corrected chi connectivity index (χ1v) is 7.75. The van der Waals surface area contributed by atoms with Crippen molar-refractivity contribution in [2.75, 3.05) is 13.1 Å². The van der Waals surface area contributed by atoms with Crippen molar-refractivity contribution in [2.45, 2.75) is 39.0 Å². The van der Waals surface area contributed by atoms with Crippen molar-refractivity contribution < 1.29 is 9.90 Å². The summed E-state index contributed by atoms with van der Waals surface area (Å²) in [4.78, 5) is 26.6. The van der Waals surface area contributed by atoms with Crippen molar-refractivity contribution in [3.05, 3.63) is 34.7 Å². The third-order valence-electron chi connectivity index (χ3n) is 4.28. The van der Waals surface area contributed by atoms with Crippen LogP contribution >= 0.6 is 0 Å². The second kappa shape index (κ2) is 5.96. The Morgan fingerprint density at radius 3 is 2.59 bits per heavy atom. The van der Waals surface area contributed by atoms with Crippen LogP contribution in [0.1, 0.15) is 19.8 Å². The first-order valence-electron chi connectivity index (χ1n) is 7.75. The van der Waals surface area contributed by atoms with Gasteiger partial charge in [-0.25, -0.2) is 4.79 Å². The number of amides is 1. The van der Waals surface area contributed by atoms with E-state index in [4.69, 9.17) is 0 Å². The summed E-state index contributed by atoms with van der Waals surface area (Å²) in [5, 5.41) is 9.70. The Kier molecular flexibility index (Phi) is 4.02. The Hall–Kier alpha value is -2.08. The third-order valence-corrected chi connectivity index (χ3v) is 4.28. The minimum atomic E-state index is -0.452. The number of aromatic nitrogens is 2. The second-order valence-electron chi connectivity index (χ2n) is 5.74. The maximum atomic E-state index is 12.5. The van der Waals surface area contributed by atoms with E-state index in [-0.39, 0.29) is 18.1 Å². The molecule has 1 fully saturated rings. The summed E-state index contributed by atoms with van der Waals surface area (Å²) < 4.78 is 3.20. The highest BCUT2D eigenvalue weighted by atomic mass is 16.3. The number of aliphatic hydroxyl groups is 1. The van der Waals surface area contributed by atoms with E-state index in [2.05, 4.69) is 0 Å². The highest BCUT2D eigenvalue weighted by Gasteiger charge is 2.23. The zero-order valence-electron chi connectivity index (χ0n) is 12.7. The van der Waals surface area contributed by atoms with Crippen molar-refractivity contribution in [3.63, 3.8) is 0 Å². The molecule has 1 unspecified atom stereocenters. The molecule has 1 N–H and O–H groups in total. The van der Waals surface area contributed by atoms with Crippen LogP contribution in [0.3, 0.4) is 0 Å². The molecule has 1 atom stereocenters. The molecule has 118 valence electrons. The number of nitrogens with zero attached hydrogens (tertiary/aromatic N) is 3. The van der Waals surface area contributed by atoms with E-state index in [1.807, 2.05) is 31.2 Å². The number of fused-ring (bicyclic) bond motifs is 1. The van der Waals surface area contributed by atoms with Crippen LogP contribution in [-0.4, -0.2) is 44.2 Å². The fourth-order valence-corrected chi connectivity index (χ4v) is 3.15. The largest absolute Gasteiger partial charge is 0.391 e. The molecule has 6 nitrogen and oxygen atoms in total. The highest BCUT2D eigenvalue weighted by molar-refractivity contribution is 5.81. The Labute approximate surface area is 128 Å². The molecular formula is C16H21N3O3. The average Bonchev–Trinajstić information content (AvgIpc) is 2.79. The quantitative estimate of drug-likeness (QED) is 0.912. The number of carbonyl (C=O) groups is 1. The van der Waals surface area contributed by atoms with Gasteiger partial charge in [-0.3, -0.25) is 13.9 Å². The van der Waals surface area contributed by atoms with Gasteiger partial charge in [-0.15, -0.1) is 0 Å². The molecule has 0 aliphatic carbocycles. The number of β-amino-alcohol motifs (C(OH)–C–C–N with tert-alkyl or cyclic N) is 1. The lowest BCUT2D eigenvalue weighted by molar-refractivity contribution is -0.134. The smallest absolute Gasteiger partial charge is 0.329 e. The van der Waals surface area contributed by atoms with Gasteiger partial charge in [0.1, 0.15) is 6.54 Å². The lowest BCUT2D eigenvalue weighted by atomic mass is 10.1. The van der Waals surface area contributed by atoms with Crippen LogP contribution in [0.2, 0.25) is 0 Å². The molecule has 0 bridgehead atoms. The summed E-state index contributed by atoms with van der Waals surface area (Å²) >= 11 is 0. The number of likely N-dealkylation sites (tertiary alicyclic amines) is 1. The zero-order valence-corrected chi connectivity index (χ0v) is 12.7. The predicted octanol–water partition coefficient (Wildman–Crippen LogP) is 0.806. The molecule has 0 spiro atoms. The summed E-state index contributed by atoms with van der Waals surface area (Å²) in [6.45, 7) is 3.53. The van der Waals surface area contributed by atoms with Gasteiger partial charge in [-0.2, -0.15) is 0 Å². The van der Waals surface area contributed by atoms with Gasteiger partial charge in [0.25, 0.3) is 0 Å². The van der Waals surface area contributed by atoms with Gasteiger partial charge in [0.15, 0.2) is 0 Å². The fourth-order valence-electron chi connectivity index (χ4n) is 3.15. The summed E-state index contributed by atoms with van der Waals surface area (Å²) in [6, 6.07) is 7.52. The minimum absolute atomic E-state index is 0.0269. The van der Waals surface area contributed by atoms with Gasteiger partial charge in [0.05, 0.1) is 17.1 Å². The monoisotopic (exact) mass is 303 g/mol. The van der Waals surface area contributed by atoms with Crippen molar-refractivity contribution in [3.8, 4) is 0 Å². The molecule has 1 amide bonds. The molecule has 2 aromatic rings. The van der Waals surface area contributed by atoms with Crippen LogP contribution < -0.4 is 5.69 Å². The van der Waals surface area contributed by atoms with Crippen molar-refractivity contribution in [2.24, 2.45) is 0 Å². The predicted molar refractivity (Wildman–Crippen MR) is 83.7 cm³/mol. The van der Waals surface area contributed by atoms with E-state index < -0.39 is 6.10 Å². The Balaban J connectivity index is 1.92.